The first-order valence-corrected chi connectivity index (χ1v) is 5.43. The van der Waals surface area contributed by atoms with E-state index in [1.165, 1.54) is 0 Å². The molecule has 1 unspecified atom stereocenters. The van der Waals surface area contributed by atoms with Gasteiger partial charge in [-0.05, 0) is 12.8 Å². The number of hydrogen-bond donors (Lipinski definition) is 0. The summed E-state index contributed by atoms with van der Waals surface area (Å²) in [4.78, 5) is 10.4. The third kappa shape index (κ3) is 2.38. The van der Waals surface area contributed by atoms with Gasteiger partial charge in [0.25, 0.3) is 0 Å². The van der Waals surface area contributed by atoms with Crippen LogP contribution in [-0.2, 0) is 4.74 Å². The summed E-state index contributed by atoms with van der Waals surface area (Å²) in [6, 6.07) is 0. The van der Waals surface area contributed by atoms with Gasteiger partial charge in [0.05, 0.1) is 6.10 Å². The van der Waals surface area contributed by atoms with E-state index in [4.69, 9.17) is 16.3 Å². The number of piperidine rings is 1. The first-order chi connectivity index (χ1) is 7.31. The van der Waals surface area contributed by atoms with Crippen LogP contribution in [0.2, 0.25) is 5.15 Å². The van der Waals surface area contributed by atoms with Gasteiger partial charge >= 0.3 is 0 Å². The molecular weight excluding hydrogens is 214 g/mol. The summed E-state index contributed by atoms with van der Waals surface area (Å²) >= 11 is 5.99. The molecule has 15 heavy (non-hydrogen) atoms. The Bertz CT molecular complexity index is 334. The molecule has 5 heteroatoms. The van der Waals surface area contributed by atoms with E-state index in [1.54, 1.807) is 19.5 Å². The van der Waals surface area contributed by atoms with Gasteiger partial charge in [0, 0.05) is 32.6 Å². The van der Waals surface area contributed by atoms with Crippen molar-refractivity contribution in [3.05, 3.63) is 17.5 Å². The molecule has 4 nitrogen and oxygen atoms in total. The van der Waals surface area contributed by atoms with E-state index in [1.807, 2.05) is 0 Å². The van der Waals surface area contributed by atoms with E-state index in [9.17, 15) is 0 Å². The normalized spacial score (nSPS) is 21.7. The summed E-state index contributed by atoms with van der Waals surface area (Å²) in [6.07, 6.45) is 5.74. The van der Waals surface area contributed by atoms with Crippen LogP contribution in [0.25, 0.3) is 0 Å². The maximum Gasteiger partial charge on any atom is 0.171 e. The quantitative estimate of drug-likeness (QED) is 0.772. The highest BCUT2D eigenvalue weighted by molar-refractivity contribution is 6.31. The molecule has 0 amide bonds. The third-order valence-corrected chi connectivity index (χ3v) is 2.91. The summed E-state index contributed by atoms with van der Waals surface area (Å²) in [5.41, 5.74) is 0. The Labute approximate surface area is 94.2 Å². The number of aromatic nitrogens is 2. The van der Waals surface area contributed by atoms with Crippen molar-refractivity contribution in [3.8, 4) is 0 Å². The Balaban J connectivity index is 2.13. The number of halogens is 1. The molecule has 0 aliphatic carbocycles. The highest BCUT2D eigenvalue weighted by Gasteiger charge is 2.22. The fourth-order valence-electron chi connectivity index (χ4n) is 1.85. The average Bonchev–Trinajstić information content (AvgIpc) is 2.30. The minimum absolute atomic E-state index is 0.275. The molecule has 2 heterocycles. The Kier molecular flexibility index (Phi) is 3.38. The molecule has 2 rings (SSSR count). The first kappa shape index (κ1) is 10.6. The molecule has 1 aromatic heterocycles. The summed E-state index contributed by atoms with van der Waals surface area (Å²) < 4.78 is 5.35. The molecule has 0 bridgehead atoms. The van der Waals surface area contributed by atoms with Crippen molar-refractivity contribution in [1.29, 1.82) is 0 Å². The van der Waals surface area contributed by atoms with Crippen molar-refractivity contribution in [2.45, 2.75) is 18.9 Å². The first-order valence-electron chi connectivity index (χ1n) is 5.05. The molecule has 1 aliphatic heterocycles. The zero-order chi connectivity index (χ0) is 10.7. The Morgan fingerprint density at radius 3 is 3.00 bits per heavy atom. The lowest BCUT2D eigenvalue weighted by Gasteiger charge is -2.32. The highest BCUT2D eigenvalue weighted by Crippen LogP contribution is 2.24. The minimum atomic E-state index is 0.275. The molecule has 1 aliphatic rings. The predicted octanol–water partition coefficient (Wildman–Crippen LogP) is 1.75. The SMILES string of the molecule is COC1CCCN(c2nccnc2Cl)C1. The van der Waals surface area contributed by atoms with Crippen LogP contribution in [0.3, 0.4) is 0 Å². The van der Waals surface area contributed by atoms with E-state index >= 15 is 0 Å². The Morgan fingerprint density at radius 2 is 2.27 bits per heavy atom. The van der Waals surface area contributed by atoms with E-state index in [0.29, 0.717) is 5.15 Å². The van der Waals surface area contributed by atoms with Gasteiger partial charge < -0.3 is 9.64 Å². The van der Waals surface area contributed by atoms with E-state index in [2.05, 4.69) is 14.9 Å². The molecule has 1 fully saturated rings. The maximum absolute atomic E-state index is 5.99. The van der Waals surface area contributed by atoms with Crippen LogP contribution in [0, 0.1) is 0 Å². The molecule has 1 atom stereocenters. The molecule has 0 spiro atoms. The lowest BCUT2D eigenvalue weighted by atomic mass is 10.1. The van der Waals surface area contributed by atoms with Crippen LogP contribution in [0.5, 0.6) is 0 Å². The van der Waals surface area contributed by atoms with Crippen LogP contribution in [0.15, 0.2) is 12.4 Å². The zero-order valence-electron chi connectivity index (χ0n) is 8.69. The Hall–Kier alpha value is -0.870. The van der Waals surface area contributed by atoms with Gasteiger partial charge in [-0.2, -0.15) is 0 Å². The van der Waals surface area contributed by atoms with E-state index in [0.717, 1.165) is 31.7 Å². The number of nitrogens with zero attached hydrogens (tertiary/aromatic N) is 3. The van der Waals surface area contributed by atoms with Crippen molar-refractivity contribution in [2.75, 3.05) is 25.1 Å². The number of hydrogen-bond acceptors (Lipinski definition) is 4. The Morgan fingerprint density at radius 1 is 1.47 bits per heavy atom. The fourth-order valence-corrected chi connectivity index (χ4v) is 2.07. The second-order valence-corrected chi connectivity index (χ2v) is 3.97. The van der Waals surface area contributed by atoms with E-state index in [-0.39, 0.29) is 6.10 Å². The van der Waals surface area contributed by atoms with Crippen molar-refractivity contribution in [2.24, 2.45) is 0 Å². The van der Waals surface area contributed by atoms with Crippen LogP contribution < -0.4 is 4.90 Å². The summed E-state index contributed by atoms with van der Waals surface area (Å²) in [5.74, 6) is 0.765. The number of anilines is 1. The number of methoxy groups -OCH3 is 1. The maximum atomic E-state index is 5.99. The second kappa shape index (κ2) is 4.77. The molecule has 0 N–H and O–H groups in total. The van der Waals surface area contributed by atoms with Crippen LogP contribution in [-0.4, -0.2) is 36.3 Å². The van der Waals surface area contributed by atoms with Crippen molar-refractivity contribution < 1.29 is 4.74 Å². The molecule has 82 valence electrons. The standard InChI is InChI=1S/C10H14ClN3O/c1-15-8-3-2-6-14(7-8)10-9(11)12-4-5-13-10/h4-5,8H,2-3,6-7H2,1H3. The van der Waals surface area contributed by atoms with Crippen molar-refractivity contribution in [1.82, 2.24) is 9.97 Å². The second-order valence-electron chi connectivity index (χ2n) is 3.62. The van der Waals surface area contributed by atoms with Crippen molar-refractivity contribution in [3.63, 3.8) is 0 Å². The van der Waals surface area contributed by atoms with E-state index < -0.39 is 0 Å². The average molecular weight is 228 g/mol. The van der Waals surface area contributed by atoms with Crippen LogP contribution >= 0.6 is 11.6 Å². The number of rotatable bonds is 2. The topological polar surface area (TPSA) is 38.2 Å². The molecule has 1 saturated heterocycles. The summed E-state index contributed by atoms with van der Waals surface area (Å²) in [7, 11) is 1.74. The van der Waals surface area contributed by atoms with Crippen LogP contribution in [0.4, 0.5) is 5.82 Å². The summed E-state index contributed by atoms with van der Waals surface area (Å²) in [5, 5.41) is 0.467. The largest absolute Gasteiger partial charge is 0.380 e. The molecule has 0 radical (unpaired) electrons. The lowest BCUT2D eigenvalue weighted by molar-refractivity contribution is 0.0891. The van der Waals surface area contributed by atoms with Gasteiger partial charge in [-0.1, -0.05) is 11.6 Å². The molecule has 0 aromatic carbocycles. The number of ether oxygens (including phenoxy) is 1. The van der Waals surface area contributed by atoms with Crippen LogP contribution in [0.1, 0.15) is 12.8 Å². The van der Waals surface area contributed by atoms with Gasteiger partial charge in [0.15, 0.2) is 11.0 Å². The van der Waals surface area contributed by atoms with Gasteiger partial charge in [-0.15, -0.1) is 0 Å². The molecular formula is C10H14ClN3O. The van der Waals surface area contributed by atoms with Gasteiger partial charge in [0.2, 0.25) is 0 Å². The molecule has 0 saturated carbocycles. The highest BCUT2D eigenvalue weighted by atomic mass is 35.5. The van der Waals surface area contributed by atoms with Gasteiger partial charge in [-0.25, -0.2) is 9.97 Å². The van der Waals surface area contributed by atoms with Gasteiger partial charge in [-0.3, -0.25) is 0 Å². The monoisotopic (exact) mass is 227 g/mol. The fraction of sp³-hybridized carbons (Fsp3) is 0.600. The predicted molar refractivity (Wildman–Crippen MR) is 59.3 cm³/mol. The third-order valence-electron chi connectivity index (χ3n) is 2.65. The zero-order valence-corrected chi connectivity index (χ0v) is 9.44. The minimum Gasteiger partial charge on any atom is -0.380 e. The van der Waals surface area contributed by atoms with Crippen molar-refractivity contribution >= 4 is 17.4 Å². The lowest BCUT2D eigenvalue weighted by Crippen LogP contribution is -2.39. The summed E-state index contributed by atoms with van der Waals surface area (Å²) in [6.45, 7) is 1.81. The molecule has 1 aromatic rings. The smallest absolute Gasteiger partial charge is 0.171 e. The van der Waals surface area contributed by atoms with Gasteiger partial charge in [0.1, 0.15) is 0 Å².